The summed E-state index contributed by atoms with van der Waals surface area (Å²) in [5.74, 6) is -0.0980. The van der Waals surface area contributed by atoms with Crippen molar-refractivity contribution >= 4 is 11.6 Å². The number of nitrogens with one attached hydrogen (secondary N) is 2. The standard InChI is InChI=1S/C15H21N3O/c1-6-17-18-14-13-11(5)9(3)8(2)10(4)12(13)7-16-15(14)19/h17H,6-7H2,1-5H3,(H,16,19)/b18-14-. The number of fused-ring (bicyclic) bond motifs is 1. The molecule has 0 spiro atoms. The molecule has 2 N–H and O–H groups in total. The van der Waals surface area contributed by atoms with Gasteiger partial charge in [-0.15, -0.1) is 0 Å². The largest absolute Gasteiger partial charge is 0.347 e. The Kier molecular flexibility index (Phi) is 3.60. The smallest absolute Gasteiger partial charge is 0.272 e. The summed E-state index contributed by atoms with van der Waals surface area (Å²) in [7, 11) is 0. The van der Waals surface area contributed by atoms with E-state index in [1.54, 1.807) is 0 Å². The fourth-order valence-corrected chi connectivity index (χ4v) is 2.56. The lowest BCUT2D eigenvalue weighted by atomic mass is 9.85. The van der Waals surface area contributed by atoms with Gasteiger partial charge >= 0.3 is 0 Å². The van der Waals surface area contributed by atoms with Gasteiger partial charge in [-0.25, -0.2) is 0 Å². The van der Waals surface area contributed by atoms with E-state index < -0.39 is 0 Å². The van der Waals surface area contributed by atoms with Crippen LogP contribution in [0.1, 0.15) is 40.3 Å². The molecule has 1 aromatic carbocycles. The first-order valence-electron chi connectivity index (χ1n) is 6.67. The Bertz CT molecular complexity index is 573. The van der Waals surface area contributed by atoms with Crippen molar-refractivity contribution < 1.29 is 4.79 Å². The lowest BCUT2D eigenvalue weighted by molar-refractivity contribution is -0.115. The van der Waals surface area contributed by atoms with E-state index in [4.69, 9.17) is 0 Å². The van der Waals surface area contributed by atoms with Crippen LogP contribution in [0.5, 0.6) is 0 Å². The molecule has 0 unspecified atom stereocenters. The number of hydrogen-bond donors (Lipinski definition) is 2. The maximum atomic E-state index is 12.0. The monoisotopic (exact) mass is 259 g/mol. The molecule has 2 rings (SSSR count). The maximum absolute atomic E-state index is 12.0. The first-order chi connectivity index (χ1) is 8.99. The minimum atomic E-state index is -0.0980. The molecule has 19 heavy (non-hydrogen) atoms. The number of hydrogen-bond acceptors (Lipinski definition) is 3. The summed E-state index contributed by atoms with van der Waals surface area (Å²) >= 11 is 0. The number of rotatable bonds is 2. The van der Waals surface area contributed by atoms with Crippen molar-refractivity contribution in [2.75, 3.05) is 6.54 Å². The van der Waals surface area contributed by atoms with Crippen LogP contribution in [-0.2, 0) is 11.3 Å². The van der Waals surface area contributed by atoms with Gasteiger partial charge in [-0.3, -0.25) is 4.79 Å². The molecule has 0 radical (unpaired) electrons. The predicted molar refractivity (Wildman–Crippen MR) is 77.5 cm³/mol. The third-order valence-electron chi connectivity index (χ3n) is 4.04. The summed E-state index contributed by atoms with van der Waals surface area (Å²) in [6, 6.07) is 0. The lowest BCUT2D eigenvalue weighted by Crippen LogP contribution is -2.39. The molecule has 1 heterocycles. The Balaban J connectivity index is 2.72. The first kappa shape index (κ1) is 13.6. The highest BCUT2D eigenvalue weighted by Gasteiger charge is 2.27. The van der Waals surface area contributed by atoms with Crippen LogP contribution < -0.4 is 10.7 Å². The molecule has 0 atom stereocenters. The normalized spacial score (nSPS) is 16.3. The molecule has 0 saturated carbocycles. The zero-order chi connectivity index (χ0) is 14.2. The van der Waals surface area contributed by atoms with E-state index in [1.165, 1.54) is 22.3 Å². The van der Waals surface area contributed by atoms with E-state index in [0.29, 0.717) is 18.8 Å². The van der Waals surface area contributed by atoms with Crippen molar-refractivity contribution in [1.29, 1.82) is 0 Å². The maximum Gasteiger partial charge on any atom is 0.272 e. The quantitative estimate of drug-likeness (QED) is 0.797. The van der Waals surface area contributed by atoms with E-state index in [2.05, 4.69) is 43.5 Å². The fourth-order valence-electron chi connectivity index (χ4n) is 2.56. The Morgan fingerprint density at radius 1 is 1.11 bits per heavy atom. The van der Waals surface area contributed by atoms with Gasteiger partial charge in [0.15, 0.2) is 5.71 Å². The first-order valence-corrected chi connectivity index (χ1v) is 6.67. The molecule has 102 valence electrons. The van der Waals surface area contributed by atoms with Crippen LogP contribution in [0.2, 0.25) is 0 Å². The molecule has 0 fully saturated rings. The number of benzene rings is 1. The number of carbonyl (C=O) groups excluding carboxylic acids is 1. The summed E-state index contributed by atoms with van der Waals surface area (Å²) in [4.78, 5) is 12.0. The molecular weight excluding hydrogens is 238 g/mol. The van der Waals surface area contributed by atoms with Gasteiger partial charge in [0.2, 0.25) is 0 Å². The van der Waals surface area contributed by atoms with Crippen LogP contribution in [0.25, 0.3) is 0 Å². The number of nitrogens with zero attached hydrogens (tertiary/aromatic N) is 1. The second kappa shape index (κ2) is 5.03. The molecule has 1 amide bonds. The van der Waals surface area contributed by atoms with Crippen molar-refractivity contribution in [2.45, 2.75) is 41.2 Å². The van der Waals surface area contributed by atoms with E-state index >= 15 is 0 Å². The van der Waals surface area contributed by atoms with Crippen LogP contribution in [0, 0.1) is 27.7 Å². The van der Waals surface area contributed by atoms with Gasteiger partial charge in [0.1, 0.15) is 0 Å². The Morgan fingerprint density at radius 3 is 2.37 bits per heavy atom. The van der Waals surface area contributed by atoms with Crippen LogP contribution >= 0.6 is 0 Å². The highest BCUT2D eigenvalue weighted by molar-refractivity contribution is 6.46. The summed E-state index contributed by atoms with van der Waals surface area (Å²) in [5, 5.41) is 7.15. The predicted octanol–water partition coefficient (Wildman–Crippen LogP) is 1.86. The SMILES string of the molecule is CCN/N=C1\C(=O)NCc2c(C)c(C)c(C)c(C)c21. The minimum Gasteiger partial charge on any atom is -0.347 e. The third kappa shape index (κ3) is 2.11. The minimum absolute atomic E-state index is 0.0980. The number of carbonyl (C=O) groups is 1. The summed E-state index contributed by atoms with van der Waals surface area (Å²) in [5.41, 5.74) is 10.6. The van der Waals surface area contributed by atoms with Gasteiger partial charge in [0.25, 0.3) is 5.91 Å². The molecule has 1 aliphatic rings. The number of amides is 1. The second-order valence-corrected chi connectivity index (χ2v) is 5.01. The molecule has 4 nitrogen and oxygen atoms in total. The van der Waals surface area contributed by atoms with Gasteiger partial charge in [-0.05, 0) is 62.4 Å². The van der Waals surface area contributed by atoms with Crippen LogP contribution in [0.4, 0.5) is 0 Å². The van der Waals surface area contributed by atoms with Crippen molar-refractivity contribution in [3.05, 3.63) is 33.4 Å². The van der Waals surface area contributed by atoms with Gasteiger partial charge in [0.05, 0.1) is 0 Å². The van der Waals surface area contributed by atoms with Gasteiger partial charge < -0.3 is 10.7 Å². The molecule has 0 aromatic heterocycles. The Labute approximate surface area is 114 Å². The Morgan fingerprint density at radius 2 is 1.74 bits per heavy atom. The van der Waals surface area contributed by atoms with E-state index in [9.17, 15) is 4.79 Å². The second-order valence-electron chi connectivity index (χ2n) is 5.01. The summed E-state index contributed by atoms with van der Waals surface area (Å²) in [6.45, 7) is 11.7. The van der Waals surface area contributed by atoms with E-state index in [1.807, 2.05) is 6.92 Å². The van der Waals surface area contributed by atoms with E-state index in [0.717, 1.165) is 11.1 Å². The third-order valence-corrected chi connectivity index (χ3v) is 4.04. The summed E-state index contributed by atoms with van der Waals surface area (Å²) < 4.78 is 0. The zero-order valence-corrected chi connectivity index (χ0v) is 12.3. The van der Waals surface area contributed by atoms with Crippen LogP contribution in [0.15, 0.2) is 5.10 Å². The fraction of sp³-hybridized carbons (Fsp3) is 0.467. The van der Waals surface area contributed by atoms with E-state index in [-0.39, 0.29) is 5.91 Å². The molecule has 1 aromatic rings. The average Bonchev–Trinajstić information content (AvgIpc) is 2.41. The molecule has 0 aliphatic carbocycles. The van der Waals surface area contributed by atoms with Gasteiger partial charge in [-0.1, -0.05) is 0 Å². The van der Waals surface area contributed by atoms with Crippen molar-refractivity contribution in [3.63, 3.8) is 0 Å². The molecule has 0 saturated heterocycles. The molecule has 4 heteroatoms. The Hall–Kier alpha value is -1.84. The van der Waals surface area contributed by atoms with Crippen LogP contribution in [0.3, 0.4) is 0 Å². The van der Waals surface area contributed by atoms with Crippen molar-refractivity contribution in [3.8, 4) is 0 Å². The highest BCUT2D eigenvalue weighted by atomic mass is 16.2. The topological polar surface area (TPSA) is 53.5 Å². The molecule has 0 bridgehead atoms. The van der Waals surface area contributed by atoms with Gasteiger partial charge in [0, 0.05) is 18.7 Å². The summed E-state index contributed by atoms with van der Waals surface area (Å²) in [6.07, 6.45) is 0. The number of hydrazone groups is 1. The van der Waals surface area contributed by atoms with Crippen LogP contribution in [-0.4, -0.2) is 18.2 Å². The molecule has 1 aliphatic heterocycles. The highest BCUT2D eigenvalue weighted by Crippen LogP contribution is 2.29. The average molecular weight is 259 g/mol. The zero-order valence-electron chi connectivity index (χ0n) is 12.3. The van der Waals surface area contributed by atoms with Gasteiger partial charge in [-0.2, -0.15) is 5.10 Å². The molecular formula is C15H21N3O. The van der Waals surface area contributed by atoms with Crippen molar-refractivity contribution in [1.82, 2.24) is 10.7 Å². The van der Waals surface area contributed by atoms with Crippen molar-refractivity contribution in [2.24, 2.45) is 5.10 Å². The lowest BCUT2D eigenvalue weighted by Gasteiger charge is -2.25.